The molecule has 0 unspecified atom stereocenters. The van der Waals surface area contributed by atoms with Crippen molar-refractivity contribution in [1.29, 1.82) is 0 Å². The lowest BCUT2D eigenvalue weighted by Crippen LogP contribution is -2.05. The summed E-state index contributed by atoms with van der Waals surface area (Å²) in [5, 5.41) is 0. The molecule has 0 radical (unpaired) electrons. The standard InChI is InChI=1S/C21H28/c1-12-9-13(2)14(3)20(10-12)11-21-18(7)16(5)15(4)17(6)19(21)8/h9-10H,11H2,1-8H3. The van der Waals surface area contributed by atoms with E-state index in [0.717, 1.165) is 6.42 Å². The fourth-order valence-electron chi connectivity index (χ4n) is 3.34. The molecule has 2 aromatic carbocycles. The third-order valence-electron chi connectivity index (χ3n) is 5.44. The van der Waals surface area contributed by atoms with Crippen molar-refractivity contribution < 1.29 is 0 Å². The van der Waals surface area contributed by atoms with Gasteiger partial charge in [0.05, 0.1) is 0 Å². The highest BCUT2D eigenvalue weighted by Gasteiger charge is 2.14. The average molecular weight is 280 g/mol. The number of hydrogen-bond donors (Lipinski definition) is 0. The van der Waals surface area contributed by atoms with Gasteiger partial charge in [-0.2, -0.15) is 0 Å². The molecule has 0 heterocycles. The first kappa shape index (κ1) is 15.8. The maximum atomic E-state index is 2.35. The van der Waals surface area contributed by atoms with Gasteiger partial charge in [0.15, 0.2) is 0 Å². The van der Waals surface area contributed by atoms with Gasteiger partial charge in [0, 0.05) is 0 Å². The van der Waals surface area contributed by atoms with Crippen molar-refractivity contribution in [2.75, 3.05) is 0 Å². The van der Waals surface area contributed by atoms with Crippen LogP contribution in [0.3, 0.4) is 0 Å². The normalized spacial score (nSPS) is 11.0. The zero-order valence-electron chi connectivity index (χ0n) is 14.9. The molecule has 0 aliphatic carbocycles. The van der Waals surface area contributed by atoms with Crippen LogP contribution in [0.1, 0.15) is 55.6 Å². The van der Waals surface area contributed by atoms with E-state index in [1.54, 1.807) is 0 Å². The van der Waals surface area contributed by atoms with E-state index in [4.69, 9.17) is 0 Å². The monoisotopic (exact) mass is 280 g/mol. The molecule has 0 N–H and O–H groups in total. The zero-order valence-corrected chi connectivity index (χ0v) is 14.9. The smallest absolute Gasteiger partial charge is 0.00175 e. The SMILES string of the molecule is Cc1cc(C)c(C)c(Cc2c(C)c(C)c(C)c(C)c2C)c1. The van der Waals surface area contributed by atoms with E-state index in [1.165, 1.54) is 55.6 Å². The van der Waals surface area contributed by atoms with Crippen LogP contribution in [0.4, 0.5) is 0 Å². The fourth-order valence-corrected chi connectivity index (χ4v) is 3.34. The first-order valence-corrected chi connectivity index (χ1v) is 7.86. The van der Waals surface area contributed by atoms with Crippen LogP contribution in [0.5, 0.6) is 0 Å². The van der Waals surface area contributed by atoms with Crippen LogP contribution in [0.15, 0.2) is 12.1 Å². The van der Waals surface area contributed by atoms with Crippen molar-refractivity contribution >= 4 is 0 Å². The Kier molecular flexibility index (Phi) is 4.27. The molecule has 0 bridgehead atoms. The van der Waals surface area contributed by atoms with Crippen LogP contribution in [0.2, 0.25) is 0 Å². The molecule has 0 saturated heterocycles. The Morgan fingerprint density at radius 3 is 1.57 bits per heavy atom. The Labute approximate surface area is 130 Å². The molecule has 0 spiro atoms. The number of benzene rings is 2. The van der Waals surface area contributed by atoms with Crippen LogP contribution in [0, 0.1) is 55.4 Å². The van der Waals surface area contributed by atoms with E-state index in [0.29, 0.717) is 0 Å². The van der Waals surface area contributed by atoms with Gasteiger partial charge in [-0.1, -0.05) is 17.7 Å². The highest BCUT2D eigenvalue weighted by Crippen LogP contribution is 2.29. The molecule has 0 fully saturated rings. The molecule has 2 rings (SSSR count). The molecular formula is C21H28. The summed E-state index contributed by atoms with van der Waals surface area (Å²) in [5.41, 5.74) is 14.5. The van der Waals surface area contributed by atoms with Crippen molar-refractivity contribution in [3.05, 3.63) is 67.8 Å². The first-order chi connectivity index (χ1) is 9.73. The van der Waals surface area contributed by atoms with E-state index in [-0.39, 0.29) is 0 Å². The largest absolute Gasteiger partial charge is 0.0561 e. The van der Waals surface area contributed by atoms with E-state index in [9.17, 15) is 0 Å². The Morgan fingerprint density at radius 2 is 1.05 bits per heavy atom. The van der Waals surface area contributed by atoms with Crippen molar-refractivity contribution in [1.82, 2.24) is 0 Å². The molecule has 0 aliphatic heterocycles. The Balaban J connectivity index is 2.60. The maximum absolute atomic E-state index is 2.35. The summed E-state index contributed by atoms with van der Waals surface area (Å²) in [6.07, 6.45) is 1.05. The molecule has 2 aromatic rings. The topological polar surface area (TPSA) is 0 Å². The van der Waals surface area contributed by atoms with Crippen molar-refractivity contribution in [3.63, 3.8) is 0 Å². The van der Waals surface area contributed by atoms with Crippen molar-refractivity contribution in [2.45, 2.75) is 61.8 Å². The van der Waals surface area contributed by atoms with E-state index < -0.39 is 0 Å². The number of aryl methyl sites for hydroxylation is 2. The van der Waals surface area contributed by atoms with Gasteiger partial charge in [-0.25, -0.2) is 0 Å². The molecule has 112 valence electrons. The first-order valence-electron chi connectivity index (χ1n) is 7.86. The lowest BCUT2D eigenvalue weighted by atomic mass is 9.85. The van der Waals surface area contributed by atoms with Gasteiger partial charge >= 0.3 is 0 Å². The summed E-state index contributed by atoms with van der Waals surface area (Å²) in [6, 6.07) is 4.63. The Hall–Kier alpha value is -1.56. The maximum Gasteiger partial charge on any atom is -0.00175 e. The molecule has 21 heavy (non-hydrogen) atoms. The van der Waals surface area contributed by atoms with Gasteiger partial charge in [-0.3, -0.25) is 0 Å². The second-order valence-electron chi connectivity index (χ2n) is 6.65. The molecule has 0 nitrogen and oxygen atoms in total. The van der Waals surface area contributed by atoms with Crippen LogP contribution in [-0.4, -0.2) is 0 Å². The van der Waals surface area contributed by atoms with E-state index in [1.807, 2.05) is 0 Å². The van der Waals surface area contributed by atoms with E-state index >= 15 is 0 Å². The third-order valence-corrected chi connectivity index (χ3v) is 5.44. The van der Waals surface area contributed by atoms with Gasteiger partial charge in [0.1, 0.15) is 0 Å². The van der Waals surface area contributed by atoms with Crippen LogP contribution >= 0.6 is 0 Å². The molecule has 0 aliphatic rings. The van der Waals surface area contributed by atoms with Crippen LogP contribution in [-0.2, 0) is 6.42 Å². The summed E-state index contributed by atoms with van der Waals surface area (Å²) >= 11 is 0. The van der Waals surface area contributed by atoms with E-state index in [2.05, 4.69) is 67.5 Å². The van der Waals surface area contributed by atoms with Crippen molar-refractivity contribution in [3.8, 4) is 0 Å². The summed E-state index contributed by atoms with van der Waals surface area (Å²) < 4.78 is 0. The van der Waals surface area contributed by atoms with Gasteiger partial charge < -0.3 is 0 Å². The lowest BCUT2D eigenvalue weighted by molar-refractivity contribution is 1.04. The molecular weight excluding hydrogens is 252 g/mol. The summed E-state index contributed by atoms with van der Waals surface area (Å²) in [7, 11) is 0. The minimum atomic E-state index is 1.05. The second kappa shape index (κ2) is 5.67. The molecule has 0 amide bonds. The Morgan fingerprint density at radius 1 is 0.571 bits per heavy atom. The molecule has 0 atom stereocenters. The second-order valence-corrected chi connectivity index (χ2v) is 6.65. The van der Waals surface area contributed by atoms with Gasteiger partial charge in [-0.15, -0.1) is 0 Å². The summed E-state index contributed by atoms with van der Waals surface area (Å²) in [5.74, 6) is 0. The lowest BCUT2D eigenvalue weighted by Gasteiger charge is -2.20. The van der Waals surface area contributed by atoms with Crippen LogP contribution < -0.4 is 0 Å². The summed E-state index contributed by atoms with van der Waals surface area (Å²) in [6.45, 7) is 18.0. The quantitative estimate of drug-likeness (QED) is 0.657. The molecule has 0 saturated carbocycles. The number of rotatable bonds is 2. The third kappa shape index (κ3) is 2.77. The molecule has 0 heteroatoms. The summed E-state index contributed by atoms with van der Waals surface area (Å²) in [4.78, 5) is 0. The molecule has 0 aromatic heterocycles. The Bertz CT molecular complexity index is 674. The predicted molar refractivity (Wildman–Crippen MR) is 93.6 cm³/mol. The zero-order chi connectivity index (χ0) is 15.9. The minimum Gasteiger partial charge on any atom is -0.0561 e. The highest BCUT2D eigenvalue weighted by molar-refractivity contribution is 5.52. The van der Waals surface area contributed by atoms with Gasteiger partial charge in [-0.05, 0) is 112 Å². The number of hydrogen-bond acceptors (Lipinski definition) is 0. The minimum absolute atomic E-state index is 1.05. The van der Waals surface area contributed by atoms with Gasteiger partial charge in [0.25, 0.3) is 0 Å². The van der Waals surface area contributed by atoms with Crippen molar-refractivity contribution in [2.24, 2.45) is 0 Å². The highest BCUT2D eigenvalue weighted by atomic mass is 14.2. The fraction of sp³-hybridized carbons (Fsp3) is 0.429. The van der Waals surface area contributed by atoms with Gasteiger partial charge in [0.2, 0.25) is 0 Å². The van der Waals surface area contributed by atoms with Crippen LogP contribution in [0.25, 0.3) is 0 Å². The average Bonchev–Trinajstić information content (AvgIpc) is 2.44. The predicted octanol–water partition coefficient (Wildman–Crippen LogP) is 5.74.